The first-order valence-corrected chi connectivity index (χ1v) is 11.5. The van der Waals surface area contributed by atoms with Gasteiger partial charge in [0.1, 0.15) is 11.9 Å². The highest BCUT2D eigenvalue weighted by atomic mass is 32.2. The molecule has 1 fully saturated rings. The van der Waals surface area contributed by atoms with Crippen LogP contribution in [-0.2, 0) is 26.7 Å². The van der Waals surface area contributed by atoms with Crippen LogP contribution in [0.15, 0.2) is 48.5 Å². The Hall–Kier alpha value is -2.18. The zero-order valence-electron chi connectivity index (χ0n) is 17.2. The molecule has 1 saturated heterocycles. The van der Waals surface area contributed by atoms with E-state index in [1.54, 1.807) is 45.0 Å². The summed E-state index contributed by atoms with van der Waals surface area (Å²) in [7, 11) is -3.25. The van der Waals surface area contributed by atoms with Crippen LogP contribution in [0.3, 0.4) is 0 Å². The van der Waals surface area contributed by atoms with Crippen molar-refractivity contribution in [1.29, 1.82) is 0 Å². The Morgan fingerprint density at radius 3 is 2.21 bits per heavy atom. The molecule has 1 aliphatic rings. The number of ether oxygens (including phenoxy) is 2. The molecule has 5 nitrogen and oxygen atoms in total. The Labute approximate surface area is 173 Å². The number of carbonyl (C=O) groups is 1. The molecule has 29 heavy (non-hydrogen) atoms. The van der Waals surface area contributed by atoms with Gasteiger partial charge >= 0.3 is 0 Å². The molecule has 0 saturated carbocycles. The molecule has 0 aromatic heterocycles. The number of hydrogen-bond donors (Lipinski definition) is 0. The fourth-order valence-electron chi connectivity index (χ4n) is 2.99. The third-order valence-electron chi connectivity index (χ3n) is 5.04. The topological polar surface area (TPSA) is 69.7 Å². The second kappa shape index (κ2) is 8.67. The third kappa shape index (κ3) is 5.67. The van der Waals surface area contributed by atoms with Crippen LogP contribution in [0.5, 0.6) is 5.75 Å². The number of Topliss-reactive ketones (excluding diaryl/α,β-unsaturated/α-hetero) is 1. The number of rotatable bonds is 7. The fourth-order valence-corrected chi connectivity index (χ4v) is 4.06. The molecule has 1 atom stereocenters. The summed E-state index contributed by atoms with van der Waals surface area (Å²) in [5, 5.41) is 0. The first-order valence-electron chi connectivity index (χ1n) is 9.82. The van der Waals surface area contributed by atoms with E-state index in [1.165, 1.54) is 0 Å². The molecule has 2 aromatic rings. The van der Waals surface area contributed by atoms with Crippen LogP contribution in [0, 0.1) is 0 Å². The van der Waals surface area contributed by atoms with Gasteiger partial charge in [-0.3, -0.25) is 4.79 Å². The van der Waals surface area contributed by atoms with E-state index < -0.39 is 14.6 Å². The van der Waals surface area contributed by atoms with Gasteiger partial charge in [0.25, 0.3) is 0 Å². The SMILES string of the molecule is CC(C)(C)S(=O)(=O)Cc1ccc(C(=O)Cc2ccc(OC3CCOC3)cc2)cc1. The van der Waals surface area contributed by atoms with Gasteiger partial charge in [-0.25, -0.2) is 8.42 Å². The molecule has 0 aliphatic carbocycles. The molecule has 1 heterocycles. The molecule has 1 unspecified atom stereocenters. The summed E-state index contributed by atoms with van der Waals surface area (Å²) >= 11 is 0. The van der Waals surface area contributed by atoms with Gasteiger partial charge in [0.15, 0.2) is 15.6 Å². The number of ketones is 1. The minimum atomic E-state index is -3.25. The molecule has 0 radical (unpaired) electrons. The van der Waals surface area contributed by atoms with E-state index in [0.29, 0.717) is 17.7 Å². The van der Waals surface area contributed by atoms with Gasteiger partial charge in [-0.2, -0.15) is 0 Å². The van der Waals surface area contributed by atoms with Crippen molar-refractivity contribution in [3.05, 3.63) is 65.2 Å². The lowest BCUT2D eigenvalue weighted by Crippen LogP contribution is -2.29. The standard InChI is InChI=1S/C23H28O5S/c1-23(2,3)29(25,26)16-18-4-8-19(9-5-18)22(24)14-17-6-10-20(11-7-17)28-21-12-13-27-15-21/h4-11,21H,12-16H2,1-3H3. The van der Waals surface area contributed by atoms with Gasteiger partial charge in [0, 0.05) is 18.4 Å². The van der Waals surface area contributed by atoms with Gasteiger partial charge in [0.2, 0.25) is 0 Å². The molecule has 3 rings (SSSR count). The summed E-state index contributed by atoms with van der Waals surface area (Å²) < 4.78 is 35.0. The fraction of sp³-hybridized carbons (Fsp3) is 0.435. The van der Waals surface area contributed by atoms with Gasteiger partial charge in [-0.15, -0.1) is 0 Å². The lowest BCUT2D eigenvalue weighted by Gasteiger charge is -2.19. The number of sulfone groups is 1. The first kappa shape index (κ1) is 21.5. The monoisotopic (exact) mass is 416 g/mol. The Kier molecular flexibility index (Phi) is 6.44. The van der Waals surface area contributed by atoms with Crippen molar-refractivity contribution >= 4 is 15.6 Å². The molecule has 0 spiro atoms. The number of hydrogen-bond acceptors (Lipinski definition) is 5. The maximum atomic E-state index is 12.6. The molecular formula is C23H28O5S. The van der Waals surface area contributed by atoms with Crippen molar-refractivity contribution in [3.63, 3.8) is 0 Å². The molecular weight excluding hydrogens is 388 g/mol. The quantitative estimate of drug-likeness (QED) is 0.638. The minimum Gasteiger partial charge on any atom is -0.488 e. The third-order valence-corrected chi connectivity index (χ3v) is 7.62. The van der Waals surface area contributed by atoms with E-state index in [2.05, 4.69) is 0 Å². The average Bonchev–Trinajstić information content (AvgIpc) is 3.16. The van der Waals surface area contributed by atoms with Crippen molar-refractivity contribution in [2.45, 2.75) is 50.2 Å². The van der Waals surface area contributed by atoms with E-state index in [0.717, 1.165) is 24.3 Å². The van der Waals surface area contributed by atoms with Crippen LogP contribution in [-0.4, -0.2) is 38.3 Å². The van der Waals surface area contributed by atoms with Crippen LogP contribution in [0.1, 0.15) is 48.7 Å². The molecule has 0 bridgehead atoms. The number of carbonyl (C=O) groups excluding carboxylic acids is 1. The van der Waals surface area contributed by atoms with Gasteiger partial charge in [0.05, 0.1) is 23.7 Å². The van der Waals surface area contributed by atoms with E-state index in [4.69, 9.17) is 9.47 Å². The Morgan fingerprint density at radius 1 is 1.03 bits per heavy atom. The Balaban J connectivity index is 1.59. The van der Waals surface area contributed by atoms with Gasteiger partial charge in [-0.1, -0.05) is 36.4 Å². The summed E-state index contributed by atoms with van der Waals surface area (Å²) in [5.41, 5.74) is 2.17. The van der Waals surface area contributed by atoms with Crippen molar-refractivity contribution < 1.29 is 22.7 Å². The summed E-state index contributed by atoms with van der Waals surface area (Å²) in [5.74, 6) is 0.743. The average molecular weight is 417 g/mol. The highest BCUT2D eigenvalue weighted by Crippen LogP contribution is 2.22. The smallest absolute Gasteiger partial charge is 0.167 e. The second-order valence-electron chi connectivity index (χ2n) is 8.42. The van der Waals surface area contributed by atoms with Crippen molar-refractivity contribution in [2.24, 2.45) is 0 Å². The van der Waals surface area contributed by atoms with Crippen LogP contribution < -0.4 is 4.74 Å². The lowest BCUT2D eigenvalue weighted by molar-refractivity contribution is 0.0993. The molecule has 0 amide bonds. The Bertz CT molecular complexity index is 932. The lowest BCUT2D eigenvalue weighted by atomic mass is 10.0. The van der Waals surface area contributed by atoms with Crippen LogP contribution in [0.2, 0.25) is 0 Å². The highest BCUT2D eigenvalue weighted by Gasteiger charge is 2.29. The maximum absolute atomic E-state index is 12.6. The van der Waals surface area contributed by atoms with Crippen LogP contribution >= 0.6 is 0 Å². The zero-order valence-corrected chi connectivity index (χ0v) is 18.0. The molecule has 156 valence electrons. The first-order chi connectivity index (χ1) is 13.6. The summed E-state index contributed by atoms with van der Waals surface area (Å²) in [6, 6.07) is 14.4. The van der Waals surface area contributed by atoms with E-state index in [9.17, 15) is 13.2 Å². The van der Waals surface area contributed by atoms with Crippen molar-refractivity contribution in [2.75, 3.05) is 13.2 Å². The molecule has 6 heteroatoms. The highest BCUT2D eigenvalue weighted by molar-refractivity contribution is 7.91. The summed E-state index contributed by atoms with van der Waals surface area (Å²) in [6.07, 6.45) is 1.28. The minimum absolute atomic E-state index is 0.00640. The van der Waals surface area contributed by atoms with E-state index in [1.807, 2.05) is 24.3 Å². The molecule has 1 aliphatic heterocycles. The number of benzene rings is 2. The molecule has 0 N–H and O–H groups in total. The predicted molar refractivity (Wildman–Crippen MR) is 113 cm³/mol. The van der Waals surface area contributed by atoms with Crippen molar-refractivity contribution in [1.82, 2.24) is 0 Å². The van der Waals surface area contributed by atoms with Crippen LogP contribution in [0.4, 0.5) is 0 Å². The normalized spacial score (nSPS) is 17.3. The van der Waals surface area contributed by atoms with Crippen LogP contribution in [0.25, 0.3) is 0 Å². The molecule has 2 aromatic carbocycles. The van der Waals surface area contributed by atoms with Crippen molar-refractivity contribution in [3.8, 4) is 5.75 Å². The van der Waals surface area contributed by atoms with Gasteiger partial charge < -0.3 is 9.47 Å². The zero-order chi connectivity index (χ0) is 21.1. The maximum Gasteiger partial charge on any atom is 0.167 e. The Morgan fingerprint density at radius 2 is 1.66 bits per heavy atom. The van der Waals surface area contributed by atoms with Gasteiger partial charge in [-0.05, 0) is 44.0 Å². The largest absolute Gasteiger partial charge is 0.488 e. The predicted octanol–water partition coefficient (Wildman–Crippen LogP) is 3.99. The summed E-state index contributed by atoms with van der Waals surface area (Å²) in [4.78, 5) is 12.6. The van der Waals surface area contributed by atoms with E-state index in [-0.39, 0.29) is 24.1 Å². The van der Waals surface area contributed by atoms with E-state index >= 15 is 0 Å². The second-order valence-corrected chi connectivity index (χ2v) is 11.2. The summed E-state index contributed by atoms with van der Waals surface area (Å²) in [6.45, 7) is 6.43.